The fourth-order valence-corrected chi connectivity index (χ4v) is 10.1. The molecule has 1 aromatic rings. The number of allylic oxidation sites excluding steroid dienone is 2. The molecule has 1 fully saturated rings. The Kier molecular flexibility index (Phi) is 5.54. The van der Waals surface area contributed by atoms with Crippen molar-refractivity contribution in [2.45, 2.75) is 125 Å². The van der Waals surface area contributed by atoms with Crippen molar-refractivity contribution in [3.8, 4) is 0 Å². The maximum atomic E-state index is 4.49. The van der Waals surface area contributed by atoms with Crippen LogP contribution >= 0.6 is 0 Å². The minimum absolute atomic E-state index is 0.183. The van der Waals surface area contributed by atoms with Gasteiger partial charge in [-0.15, -0.1) is 0 Å². The van der Waals surface area contributed by atoms with E-state index in [1.54, 1.807) is 0 Å². The zero-order valence-corrected chi connectivity index (χ0v) is 22.9. The van der Waals surface area contributed by atoms with E-state index in [0.717, 1.165) is 23.7 Å². The van der Waals surface area contributed by atoms with Crippen molar-refractivity contribution >= 4 is 0 Å². The van der Waals surface area contributed by atoms with Gasteiger partial charge in [-0.05, 0) is 90.4 Å². The number of aromatic amines is 1. The average Bonchev–Trinajstić information content (AvgIpc) is 3.30. The second kappa shape index (κ2) is 7.72. The van der Waals surface area contributed by atoms with Crippen LogP contribution in [0.1, 0.15) is 124 Å². The van der Waals surface area contributed by atoms with Crippen molar-refractivity contribution < 1.29 is 0 Å². The molecule has 2 heteroatoms. The monoisotopic (exact) mass is 450 g/mol. The molecule has 0 aromatic carbocycles. The highest BCUT2D eigenvalue weighted by atomic mass is 15.1. The van der Waals surface area contributed by atoms with Gasteiger partial charge in [0, 0.05) is 11.1 Å². The van der Waals surface area contributed by atoms with Gasteiger partial charge in [-0.25, -0.2) is 0 Å². The fourth-order valence-electron chi connectivity index (χ4n) is 10.1. The van der Waals surface area contributed by atoms with Gasteiger partial charge in [0.25, 0.3) is 0 Å². The lowest BCUT2D eigenvalue weighted by atomic mass is 9.43. The number of nitrogens with zero attached hydrogens (tertiary/aromatic N) is 1. The number of aromatic nitrogens is 2. The standard InChI is InChI=1S/C31H50N2/c1-20(2)10-9-11-21(3)23-14-16-31(8)25-12-13-26-28(4,5)27-22(19-32-33-27)18-29(26,6)24(25)15-17-30(23,31)7/h19-21,23,26H,9-18H2,1-8H3,(H,32,33)/t21-,23-,26+,29-,30-,31+/m1/s1. The third-order valence-electron chi connectivity index (χ3n) is 12.0. The van der Waals surface area contributed by atoms with Crippen LogP contribution in [0.25, 0.3) is 0 Å². The van der Waals surface area contributed by atoms with Gasteiger partial charge in [0.2, 0.25) is 0 Å². The summed E-state index contributed by atoms with van der Waals surface area (Å²) in [5.74, 6) is 3.33. The van der Waals surface area contributed by atoms with Crippen molar-refractivity contribution in [1.82, 2.24) is 10.2 Å². The first-order valence-electron chi connectivity index (χ1n) is 14.2. The van der Waals surface area contributed by atoms with Gasteiger partial charge < -0.3 is 0 Å². The van der Waals surface area contributed by atoms with E-state index in [-0.39, 0.29) is 5.41 Å². The molecule has 4 aliphatic rings. The molecule has 1 aromatic heterocycles. The van der Waals surface area contributed by atoms with Gasteiger partial charge in [0.05, 0.1) is 6.20 Å². The second-order valence-electron chi connectivity index (χ2n) is 14.3. The molecule has 6 atom stereocenters. The molecule has 0 bridgehead atoms. The summed E-state index contributed by atoms with van der Waals surface area (Å²) >= 11 is 0. The van der Waals surface area contributed by atoms with E-state index in [1.807, 2.05) is 11.1 Å². The van der Waals surface area contributed by atoms with Gasteiger partial charge in [-0.3, -0.25) is 5.10 Å². The normalized spacial score (nSPS) is 40.3. The van der Waals surface area contributed by atoms with E-state index < -0.39 is 0 Å². The predicted octanol–water partition coefficient (Wildman–Crippen LogP) is 8.64. The van der Waals surface area contributed by atoms with Crippen molar-refractivity contribution in [3.05, 3.63) is 28.6 Å². The van der Waals surface area contributed by atoms with Gasteiger partial charge in [0.15, 0.2) is 0 Å². The molecule has 0 radical (unpaired) electrons. The summed E-state index contributed by atoms with van der Waals surface area (Å²) in [7, 11) is 0. The van der Waals surface area contributed by atoms with E-state index in [4.69, 9.17) is 0 Å². The number of rotatable bonds is 5. The van der Waals surface area contributed by atoms with Crippen LogP contribution < -0.4 is 0 Å². The van der Waals surface area contributed by atoms with Gasteiger partial charge in [-0.1, -0.05) is 85.8 Å². The minimum Gasteiger partial charge on any atom is -0.282 e. The SMILES string of the molecule is CC(C)CCC[C@@H](C)[C@H]1CC[C@@]2(C)C3=C(CC[C@]12C)[C@@]1(C)Cc2cn[nH]c2C(C)(C)[C@@H]1CC3. The molecule has 1 N–H and O–H groups in total. The molecular weight excluding hydrogens is 400 g/mol. The maximum absolute atomic E-state index is 4.49. The van der Waals surface area contributed by atoms with Crippen molar-refractivity contribution in [3.63, 3.8) is 0 Å². The molecule has 4 aliphatic carbocycles. The Morgan fingerprint density at radius 1 is 0.970 bits per heavy atom. The molecule has 0 unspecified atom stereocenters. The van der Waals surface area contributed by atoms with E-state index >= 15 is 0 Å². The van der Waals surface area contributed by atoms with Crippen molar-refractivity contribution in [1.29, 1.82) is 0 Å². The first-order valence-corrected chi connectivity index (χ1v) is 14.2. The number of hydrogen-bond donors (Lipinski definition) is 1. The molecule has 0 saturated heterocycles. The third kappa shape index (κ3) is 3.21. The molecule has 0 spiro atoms. The van der Waals surface area contributed by atoms with E-state index in [1.165, 1.54) is 75.5 Å². The van der Waals surface area contributed by atoms with Gasteiger partial charge in [0.1, 0.15) is 0 Å². The molecule has 0 aliphatic heterocycles. The number of H-pyrrole nitrogens is 1. The summed E-state index contributed by atoms with van der Waals surface area (Å²) in [4.78, 5) is 0. The molecule has 33 heavy (non-hydrogen) atoms. The topological polar surface area (TPSA) is 28.7 Å². The summed E-state index contributed by atoms with van der Waals surface area (Å²) in [5, 5.41) is 7.89. The van der Waals surface area contributed by atoms with Crippen molar-refractivity contribution in [2.75, 3.05) is 0 Å². The Labute approximate surface area is 203 Å². The Bertz CT molecular complexity index is 934. The van der Waals surface area contributed by atoms with E-state index in [0.29, 0.717) is 16.2 Å². The first kappa shape index (κ1) is 23.7. The Morgan fingerprint density at radius 3 is 2.45 bits per heavy atom. The molecule has 5 rings (SSSR count). The highest BCUT2D eigenvalue weighted by molar-refractivity contribution is 5.44. The molecular formula is C31H50N2. The van der Waals surface area contributed by atoms with Gasteiger partial charge >= 0.3 is 0 Å². The molecule has 184 valence electrons. The lowest BCUT2D eigenvalue weighted by Crippen LogP contribution is -2.53. The van der Waals surface area contributed by atoms with Crippen LogP contribution in [0.5, 0.6) is 0 Å². The molecule has 1 heterocycles. The van der Waals surface area contributed by atoms with Crippen LogP contribution in [0.4, 0.5) is 0 Å². The summed E-state index contributed by atoms with van der Waals surface area (Å²) in [6.45, 7) is 20.4. The van der Waals surface area contributed by atoms with Gasteiger partial charge in [-0.2, -0.15) is 5.10 Å². The quantitative estimate of drug-likeness (QED) is 0.447. The Balaban J connectivity index is 1.48. The summed E-state index contributed by atoms with van der Waals surface area (Å²) in [6, 6.07) is 0. The average molecular weight is 451 g/mol. The highest BCUT2D eigenvalue weighted by Gasteiger charge is 2.63. The maximum Gasteiger partial charge on any atom is 0.0522 e. The lowest BCUT2D eigenvalue weighted by Gasteiger charge is -2.61. The van der Waals surface area contributed by atoms with Crippen LogP contribution in [-0.4, -0.2) is 10.2 Å². The molecule has 2 nitrogen and oxygen atoms in total. The Morgan fingerprint density at radius 2 is 1.73 bits per heavy atom. The zero-order chi connectivity index (χ0) is 23.8. The highest BCUT2D eigenvalue weighted by Crippen LogP contribution is 2.72. The molecule has 0 amide bonds. The first-order chi connectivity index (χ1) is 15.4. The summed E-state index contributed by atoms with van der Waals surface area (Å²) in [5.41, 5.74) is 8.07. The van der Waals surface area contributed by atoms with Crippen LogP contribution in [0.2, 0.25) is 0 Å². The van der Waals surface area contributed by atoms with E-state index in [2.05, 4.69) is 71.8 Å². The largest absolute Gasteiger partial charge is 0.282 e. The van der Waals surface area contributed by atoms with Crippen molar-refractivity contribution in [2.24, 2.45) is 39.9 Å². The molecule has 1 saturated carbocycles. The minimum atomic E-state index is 0.183. The van der Waals surface area contributed by atoms with Crippen LogP contribution in [-0.2, 0) is 11.8 Å². The smallest absolute Gasteiger partial charge is 0.0522 e. The summed E-state index contributed by atoms with van der Waals surface area (Å²) in [6.07, 6.45) is 15.9. The third-order valence-corrected chi connectivity index (χ3v) is 12.0. The second-order valence-corrected chi connectivity index (χ2v) is 14.3. The van der Waals surface area contributed by atoms with Crippen LogP contribution in [0, 0.1) is 39.9 Å². The van der Waals surface area contributed by atoms with Crippen LogP contribution in [0.15, 0.2) is 17.3 Å². The number of fused-ring (bicyclic) bond motifs is 5. The fraction of sp³-hybridized carbons (Fsp3) is 0.839. The summed E-state index contributed by atoms with van der Waals surface area (Å²) < 4.78 is 0. The Hall–Kier alpha value is -1.05. The van der Waals surface area contributed by atoms with Crippen LogP contribution in [0.3, 0.4) is 0 Å². The number of nitrogens with one attached hydrogen (secondary N) is 1. The number of hydrogen-bond acceptors (Lipinski definition) is 1. The zero-order valence-electron chi connectivity index (χ0n) is 22.9. The predicted molar refractivity (Wildman–Crippen MR) is 139 cm³/mol. The van der Waals surface area contributed by atoms with E-state index in [9.17, 15) is 0 Å². The lowest BCUT2D eigenvalue weighted by molar-refractivity contribution is 0.0136.